The van der Waals surface area contributed by atoms with Gasteiger partial charge in [0.15, 0.2) is 0 Å². The van der Waals surface area contributed by atoms with Crippen LogP contribution < -0.4 is 15.8 Å². The summed E-state index contributed by atoms with van der Waals surface area (Å²) in [6.45, 7) is 3.15. The summed E-state index contributed by atoms with van der Waals surface area (Å²) in [6.07, 6.45) is 2.16. The predicted molar refractivity (Wildman–Crippen MR) is 72.8 cm³/mol. The van der Waals surface area contributed by atoms with Gasteiger partial charge in [-0.15, -0.1) is 0 Å². The van der Waals surface area contributed by atoms with E-state index in [-0.39, 0.29) is 5.91 Å². The second-order valence-corrected chi connectivity index (χ2v) is 4.14. The average Bonchev–Trinajstić information content (AvgIpc) is 2.38. The zero-order chi connectivity index (χ0) is 13.4. The second kappa shape index (κ2) is 7.71. The summed E-state index contributed by atoms with van der Waals surface area (Å²) in [5.41, 5.74) is 7.71. The summed E-state index contributed by atoms with van der Waals surface area (Å²) in [7, 11) is 1.68. The monoisotopic (exact) mass is 250 g/mol. The van der Waals surface area contributed by atoms with Crippen LogP contribution in [-0.4, -0.2) is 26.1 Å². The van der Waals surface area contributed by atoms with E-state index in [2.05, 4.69) is 18.3 Å². The number of methoxy groups -OCH3 is 1. The van der Waals surface area contributed by atoms with E-state index in [0.717, 1.165) is 18.6 Å². The Balaban J connectivity index is 2.50. The predicted octanol–water partition coefficient (Wildman–Crippen LogP) is 1.27. The van der Waals surface area contributed by atoms with E-state index in [1.165, 1.54) is 11.1 Å². The van der Waals surface area contributed by atoms with Gasteiger partial charge in [-0.05, 0) is 30.0 Å². The first-order chi connectivity index (χ1) is 8.71. The number of ether oxygens (including phenoxy) is 1. The fraction of sp³-hybridized carbons (Fsp3) is 0.500. The van der Waals surface area contributed by atoms with Crippen LogP contribution in [0, 0.1) is 0 Å². The quantitative estimate of drug-likeness (QED) is 0.766. The van der Waals surface area contributed by atoms with Crippen molar-refractivity contribution in [2.75, 3.05) is 20.2 Å². The molecule has 0 bridgehead atoms. The van der Waals surface area contributed by atoms with Crippen LogP contribution in [0.15, 0.2) is 18.2 Å². The molecule has 1 aromatic rings. The molecule has 0 aliphatic rings. The van der Waals surface area contributed by atoms with Gasteiger partial charge >= 0.3 is 0 Å². The lowest BCUT2D eigenvalue weighted by atomic mass is 10.1. The van der Waals surface area contributed by atoms with Gasteiger partial charge in [0, 0.05) is 19.5 Å². The van der Waals surface area contributed by atoms with Gasteiger partial charge < -0.3 is 15.8 Å². The first-order valence-electron chi connectivity index (χ1n) is 6.33. The SMILES string of the molecule is CCc1cc(CCNC(=O)CCN)ccc1OC. The van der Waals surface area contributed by atoms with E-state index in [0.29, 0.717) is 19.5 Å². The normalized spacial score (nSPS) is 10.2. The largest absolute Gasteiger partial charge is 0.496 e. The van der Waals surface area contributed by atoms with Crippen molar-refractivity contribution in [3.8, 4) is 5.75 Å². The molecule has 0 saturated carbocycles. The lowest BCUT2D eigenvalue weighted by Gasteiger charge is -2.09. The highest BCUT2D eigenvalue weighted by molar-refractivity contribution is 5.76. The molecule has 0 heterocycles. The van der Waals surface area contributed by atoms with Gasteiger partial charge in [0.25, 0.3) is 0 Å². The van der Waals surface area contributed by atoms with Gasteiger partial charge in [0.05, 0.1) is 7.11 Å². The van der Waals surface area contributed by atoms with Crippen molar-refractivity contribution in [2.24, 2.45) is 5.73 Å². The number of amides is 1. The Morgan fingerprint density at radius 2 is 2.22 bits per heavy atom. The fourth-order valence-corrected chi connectivity index (χ4v) is 1.83. The molecule has 1 amide bonds. The third-order valence-corrected chi connectivity index (χ3v) is 2.83. The molecular formula is C14H22N2O2. The summed E-state index contributed by atoms with van der Waals surface area (Å²) >= 11 is 0. The molecule has 18 heavy (non-hydrogen) atoms. The number of hydrogen-bond acceptors (Lipinski definition) is 3. The summed E-state index contributed by atoms with van der Waals surface area (Å²) < 4.78 is 5.28. The van der Waals surface area contributed by atoms with Gasteiger partial charge in [-0.2, -0.15) is 0 Å². The second-order valence-electron chi connectivity index (χ2n) is 4.14. The fourth-order valence-electron chi connectivity index (χ4n) is 1.83. The van der Waals surface area contributed by atoms with Crippen LogP contribution in [0.5, 0.6) is 5.75 Å². The lowest BCUT2D eigenvalue weighted by molar-refractivity contribution is -0.120. The molecule has 3 N–H and O–H groups in total. The van der Waals surface area contributed by atoms with Crippen LogP contribution in [0.2, 0.25) is 0 Å². The Hall–Kier alpha value is -1.55. The van der Waals surface area contributed by atoms with Crippen LogP contribution in [0.1, 0.15) is 24.5 Å². The van der Waals surface area contributed by atoms with E-state index in [4.69, 9.17) is 10.5 Å². The van der Waals surface area contributed by atoms with Crippen LogP contribution in [0.25, 0.3) is 0 Å². The van der Waals surface area contributed by atoms with Gasteiger partial charge in [0.2, 0.25) is 5.91 Å². The van der Waals surface area contributed by atoms with Gasteiger partial charge in [-0.1, -0.05) is 19.1 Å². The smallest absolute Gasteiger partial charge is 0.221 e. The molecule has 0 aromatic heterocycles. The van der Waals surface area contributed by atoms with Crippen LogP contribution in [-0.2, 0) is 17.6 Å². The minimum atomic E-state index is 0.0155. The third kappa shape index (κ3) is 4.37. The summed E-state index contributed by atoms with van der Waals surface area (Å²) in [4.78, 5) is 11.2. The summed E-state index contributed by atoms with van der Waals surface area (Å²) in [5, 5.41) is 2.85. The lowest BCUT2D eigenvalue weighted by Crippen LogP contribution is -2.27. The van der Waals surface area contributed by atoms with E-state index in [1.54, 1.807) is 7.11 Å². The van der Waals surface area contributed by atoms with Gasteiger partial charge in [-0.25, -0.2) is 0 Å². The van der Waals surface area contributed by atoms with Crippen LogP contribution >= 0.6 is 0 Å². The Bertz CT molecular complexity index is 391. The topological polar surface area (TPSA) is 64.4 Å². The number of nitrogens with two attached hydrogens (primary N) is 1. The Kier molecular flexibility index (Phi) is 6.22. The van der Waals surface area contributed by atoms with Crippen molar-refractivity contribution < 1.29 is 9.53 Å². The van der Waals surface area contributed by atoms with E-state index in [1.807, 2.05) is 12.1 Å². The maximum Gasteiger partial charge on any atom is 0.221 e. The highest BCUT2D eigenvalue weighted by Crippen LogP contribution is 2.20. The number of carbonyl (C=O) groups excluding carboxylic acids is 1. The highest BCUT2D eigenvalue weighted by Gasteiger charge is 2.03. The minimum Gasteiger partial charge on any atom is -0.496 e. The molecule has 4 nitrogen and oxygen atoms in total. The molecule has 0 aliphatic carbocycles. The molecule has 1 aromatic carbocycles. The highest BCUT2D eigenvalue weighted by atomic mass is 16.5. The maximum atomic E-state index is 11.2. The Morgan fingerprint density at radius 1 is 1.44 bits per heavy atom. The van der Waals surface area contributed by atoms with Gasteiger partial charge in [0.1, 0.15) is 5.75 Å². The molecule has 0 unspecified atom stereocenters. The van der Waals surface area contributed by atoms with Crippen molar-refractivity contribution in [3.63, 3.8) is 0 Å². The molecule has 0 saturated heterocycles. The van der Waals surface area contributed by atoms with Crippen molar-refractivity contribution in [3.05, 3.63) is 29.3 Å². The molecule has 100 valence electrons. The molecule has 0 fully saturated rings. The zero-order valence-electron chi connectivity index (χ0n) is 11.2. The molecule has 0 radical (unpaired) electrons. The first-order valence-corrected chi connectivity index (χ1v) is 6.33. The zero-order valence-corrected chi connectivity index (χ0v) is 11.2. The molecule has 0 spiro atoms. The average molecular weight is 250 g/mol. The standard InChI is InChI=1S/C14H22N2O2/c1-3-12-10-11(4-5-13(12)18-2)7-9-16-14(17)6-8-15/h4-5,10H,3,6-9,15H2,1-2H3,(H,16,17). The van der Waals surface area contributed by atoms with Crippen molar-refractivity contribution in [1.82, 2.24) is 5.32 Å². The molecule has 0 aliphatic heterocycles. The molecule has 0 atom stereocenters. The number of benzene rings is 1. The first kappa shape index (κ1) is 14.5. The van der Waals surface area contributed by atoms with E-state index < -0.39 is 0 Å². The number of aryl methyl sites for hydroxylation is 1. The van der Waals surface area contributed by atoms with Crippen LogP contribution in [0.4, 0.5) is 0 Å². The number of rotatable bonds is 7. The number of nitrogens with one attached hydrogen (secondary N) is 1. The van der Waals surface area contributed by atoms with Crippen molar-refractivity contribution >= 4 is 5.91 Å². The summed E-state index contributed by atoms with van der Waals surface area (Å²) in [6, 6.07) is 6.15. The number of carbonyl (C=O) groups is 1. The third-order valence-electron chi connectivity index (χ3n) is 2.83. The van der Waals surface area contributed by atoms with E-state index in [9.17, 15) is 4.79 Å². The van der Waals surface area contributed by atoms with Crippen LogP contribution in [0.3, 0.4) is 0 Å². The molecule has 1 rings (SSSR count). The minimum absolute atomic E-state index is 0.0155. The Labute approximate surface area is 109 Å². The Morgan fingerprint density at radius 3 is 2.83 bits per heavy atom. The van der Waals surface area contributed by atoms with Crippen molar-refractivity contribution in [2.45, 2.75) is 26.2 Å². The molecular weight excluding hydrogens is 228 g/mol. The summed E-state index contributed by atoms with van der Waals surface area (Å²) in [5.74, 6) is 0.940. The van der Waals surface area contributed by atoms with Crippen molar-refractivity contribution in [1.29, 1.82) is 0 Å². The number of hydrogen-bond donors (Lipinski definition) is 2. The molecule has 4 heteroatoms. The van der Waals surface area contributed by atoms with E-state index >= 15 is 0 Å². The maximum absolute atomic E-state index is 11.2. The van der Waals surface area contributed by atoms with Gasteiger partial charge in [-0.3, -0.25) is 4.79 Å².